The monoisotopic (exact) mass is 228 g/mol. The Balaban J connectivity index is 2.27. The van der Waals surface area contributed by atoms with E-state index in [1.165, 1.54) is 20.0 Å². The minimum atomic E-state index is -0.182. The molecule has 0 amide bonds. The van der Waals surface area contributed by atoms with E-state index in [1.54, 1.807) is 7.05 Å². The van der Waals surface area contributed by atoms with Crippen LogP contribution in [0.1, 0.15) is 26.2 Å². The van der Waals surface area contributed by atoms with Crippen LogP contribution < -0.4 is 5.32 Å². The third-order valence-corrected chi connectivity index (χ3v) is 3.60. The maximum atomic E-state index is 11.4. The van der Waals surface area contributed by atoms with Crippen molar-refractivity contribution in [3.05, 3.63) is 0 Å². The highest BCUT2D eigenvalue weighted by molar-refractivity contribution is 5.75. The zero-order valence-electron chi connectivity index (χ0n) is 10.8. The fourth-order valence-electron chi connectivity index (χ4n) is 2.00. The standard InChI is InChI=1S/C12H24N2O2/c1-9(10-5-6-10)14(3)8-7-11(13-2)12(15)16-4/h9-11,13H,5-8H2,1-4H3. The van der Waals surface area contributed by atoms with E-state index in [9.17, 15) is 4.79 Å². The molecule has 1 saturated carbocycles. The molecule has 1 aliphatic carbocycles. The summed E-state index contributed by atoms with van der Waals surface area (Å²) in [6.45, 7) is 3.20. The molecule has 2 unspecified atom stereocenters. The van der Waals surface area contributed by atoms with Crippen LogP contribution in [0.4, 0.5) is 0 Å². The second-order valence-electron chi connectivity index (χ2n) is 4.71. The Morgan fingerprint density at radius 2 is 2.19 bits per heavy atom. The van der Waals surface area contributed by atoms with Crippen LogP contribution in [0.3, 0.4) is 0 Å². The topological polar surface area (TPSA) is 41.6 Å². The maximum absolute atomic E-state index is 11.4. The molecule has 1 fully saturated rings. The van der Waals surface area contributed by atoms with Crippen LogP contribution in [-0.4, -0.2) is 50.7 Å². The Hall–Kier alpha value is -0.610. The third kappa shape index (κ3) is 3.76. The van der Waals surface area contributed by atoms with E-state index in [4.69, 9.17) is 4.74 Å². The van der Waals surface area contributed by atoms with E-state index in [-0.39, 0.29) is 12.0 Å². The number of nitrogens with one attached hydrogen (secondary N) is 1. The number of nitrogens with zero attached hydrogens (tertiary/aromatic N) is 1. The summed E-state index contributed by atoms with van der Waals surface area (Å²) in [4.78, 5) is 13.7. The molecule has 2 atom stereocenters. The van der Waals surface area contributed by atoms with E-state index in [1.807, 2.05) is 0 Å². The summed E-state index contributed by atoms with van der Waals surface area (Å²) in [5.74, 6) is 0.700. The first-order valence-electron chi connectivity index (χ1n) is 6.05. The lowest BCUT2D eigenvalue weighted by Crippen LogP contribution is -2.40. The predicted octanol–water partition coefficient (Wildman–Crippen LogP) is 0.868. The second kappa shape index (κ2) is 6.21. The van der Waals surface area contributed by atoms with Crippen LogP contribution in [0.25, 0.3) is 0 Å². The van der Waals surface area contributed by atoms with E-state index in [0.29, 0.717) is 6.04 Å². The van der Waals surface area contributed by atoms with Crippen molar-refractivity contribution in [1.29, 1.82) is 0 Å². The van der Waals surface area contributed by atoms with Crippen molar-refractivity contribution in [2.45, 2.75) is 38.3 Å². The SMILES string of the molecule is CNC(CCN(C)C(C)C1CC1)C(=O)OC. The largest absolute Gasteiger partial charge is 0.468 e. The smallest absolute Gasteiger partial charge is 0.322 e. The fraction of sp³-hybridized carbons (Fsp3) is 0.917. The summed E-state index contributed by atoms with van der Waals surface area (Å²) in [6, 6.07) is 0.453. The molecular weight excluding hydrogens is 204 g/mol. The zero-order valence-corrected chi connectivity index (χ0v) is 10.8. The minimum absolute atomic E-state index is 0.171. The van der Waals surface area contributed by atoms with Gasteiger partial charge in [-0.15, -0.1) is 0 Å². The van der Waals surface area contributed by atoms with Gasteiger partial charge in [-0.05, 0) is 46.2 Å². The van der Waals surface area contributed by atoms with Crippen LogP contribution in [0.15, 0.2) is 0 Å². The molecule has 0 saturated heterocycles. The van der Waals surface area contributed by atoms with E-state index < -0.39 is 0 Å². The maximum Gasteiger partial charge on any atom is 0.322 e. The molecule has 4 heteroatoms. The van der Waals surface area contributed by atoms with E-state index >= 15 is 0 Å². The predicted molar refractivity (Wildman–Crippen MR) is 64.3 cm³/mol. The lowest BCUT2D eigenvalue weighted by Gasteiger charge is -2.26. The summed E-state index contributed by atoms with van der Waals surface area (Å²) in [7, 11) is 5.36. The fourth-order valence-corrected chi connectivity index (χ4v) is 2.00. The first kappa shape index (κ1) is 13.5. The number of carbonyl (C=O) groups is 1. The normalized spacial score (nSPS) is 19.6. The Labute approximate surface area is 98.3 Å². The van der Waals surface area contributed by atoms with Crippen molar-refractivity contribution in [2.75, 3.05) is 27.7 Å². The summed E-state index contributed by atoms with van der Waals surface area (Å²) in [6.07, 6.45) is 3.52. The molecule has 16 heavy (non-hydrogen) atoms. The van der Waals surface area contributed by atoms with Gasteiger partial charge < -0.3 is 15.0 Å². The van der Waals surface area contributed by atoms with Crippen LogP contribution >= 0.6 is 0 Å². The van der Waals surface area contributed by atoms with Crippen molar-refractivity contribution in [1.82, 2.24) is 10.2 Å². The molecule has 0 aromatic heterocycles. The Morgan fingerprint density at radius 1 is 1.56 bits per heavy atom. The second-order valence-corrected chi connectivity index (χ2v) is 4.71. The number of ether oxygens (including phenoxy) is 1. The number of esters is 1. The molecule has 1 rings (SSSR count). The number of likely N-dealkylation sites (N-methyl/N-ethyl adjacent to an activating group) is 1. The Morgan fingerprint density at radius 3 is 2.62 bits per heavy atom. The lowest BCUT2D eigenvalue weighted by atomic mass is 10.1. The van der Waals surface area contributed by atoms with Gasteiger partial charge in [0.25, 0.3) is 0 Å². The van der Waals surface area contributed by atoms with Crippen LogP contribution in [0, 0.1) is 5.92 Å². The quantitative estimate of drug-likeness (QED) is 0.656. The molecule has 0 heterocycles. The van der Waals surface area contributed by atoms with E-state index in [0.717, 1.165) is 18.9 Å². The summed E-state index contributed by atoms with van der Waals surface area (Å²) < 4.78 is 4.74. The van der Waals surface area contributed by atoms with Gasteiger partial charge in [-0.3, -0.25) is 4.79 Å². The summed E-state index contributed by atoms with van der Waals surface area (Å²) in [5, 5.41) is 2.99. The molecule has 4 nitrogen and oxygen atoms in total. The average Bonchev–Trinajstić information content (AvgIpc) is 3.11. The van der Waals surface area contributed by atoms with Crippen LogP contribution in [0.2, 0.25) is 0 Å². The Kier molecular flexibility index (Phi) is 5.22. The van der Waals surface area contributed by atoms with Crippen molar-refractivity contribution < 1.29 is 9.53 Å². The zero-order chi connectivity index (χ0) is 12.1. The number of hydrogen-bond acceptors (Lipinski definition) is 4. The first-order valence-corrected chi connectivity index (χ1v) is 6.05. The number of methoxy groups -OCH3 is 1. The van der Waals surface area contributed by atoms with Gasteiger partial charge in [0.2, 0.25) is 0 Å². The molecule has 94 valence electrons. The van der Waals surface area contributed by atoms with Gasteiger partial charge in [-0.2, -0.15) is 0 Å². The molecule has 0 aromatic rings. The van der Waals surface area contributed by atoms with Gasteiger partial charge in [0.1, 0.15) is 6.04 Å². The molecule has 1 aliphatic rings. The summed E-state index contributed by atoms with van der Waals surface area (Å²) >= 11 is 0. The lowest BCUT2D eigenvalue weighted by molar-refractivity contribution is -0.143. The van der Waals surface area contributed by atoms with Crippen molar-refractivity contribution in [3.8, 4) is 0 Å². The van der Waals surface area contributed by atoms with Crippen LogP contribution in [0.5, 0.6) is 0 Å². The van der Waals surface area contributed by atoms with Crippen LogP contribution in [-0.2, 0) is 9.53 Å². The molecule has 0 spiro atoms. The van der Waals surface area contributed by atoms with Crippen molar-refractivity contribution >= 4 is 5.97 Å². The Bertz CT molecular complexity index is 229. The molecule has 0 bridgehead atoms. The average molecular weight is 228 g/mol. The van der Waals surface area contributed by atoms with Gasteiger partial charge in [0, 0.05) is 12.6 Å². The van der Waals surface area contributed by atoms with Gasteiger partial charge >= 0.3 is 5.97 Å². The van der Waals surface area contributed by atoms with Gasteiger partial charge in [-0.1, -0.05) is 0 Å². The third-order valence-electron chi connectivity index (χ3n) is 3.60. The van der Waals surface area contributed by atoms with Gasteiger partial charge in [0.05, 0.1) is 7.11 Å². The minimum Gasteiger partial charge on any atom is -0.468 e. The first-order chi connectivity index (χ1) is 7.60. The molecule has 0 radical (unpaired) electrons. The number of hydrogen-bond donors (Lipinski definition) is 1. The van der Waals surface area contributed by atoms with Crippen molar-refractivity contribution in [2.24, 2.45) is 5.92 Å². The highest BCUT2D eigenvalue weighted by atomic mass is 16.5. The highest BCUT2D eigenvalue weighted by Crippen LogP contribution is 2.34. The molecular formula is C12H24N2O2. The molecule has 1 N–H and O–H groups in total. The number of rotatable bonds is 7. The number of carbonyl (C=O) groups excluding carboxylic acids is 1. The molecule has 0 aromatic carbocycles. The van der Waals surface area contributed by atoms with Gasteiger partial charge in [0.15, 0.2) is 0 Å². The summed E-state index contributed by atoms with van der Waals surface area (Å²) in [5.41, 5.74) is 0. The van der Waals surface area contributed by atoms with Crippen molar-refractivity contribution in [3.63, 3.8) is 0 Å². The van der Waals surface area contributed by atoms with E-state index in [2.05, 4.69) is 24.2 Å². The van der Waals surface area contributed by atoms with Gasteiger partial charge in [-0.25, -0.2) is 0 Å². The highest BCUT2D eigenvalue weighted by Gasteiger charge is 2.30. The molecule has 0 aliphatic heterocycles.